The number of methoxy groups -OCH3 is 1. The lowest BCUT2D eigenvalue weighted by molar-refractivity contribution is -0.176. The highest BCUT2D eigenvalue weighted by molar-refractivity contribution is 5.91. The molecule has 0 amide bonds. The number of esters is 14. The molecule has 0 N–H and O–H groups in total. The molecule has 16 rings (SSSR count). The first-order chi connectivity index (χ1) is 54.9. The second kappa shape index (κ2) is 33.4. The van der Waals surface area contributed by atoms with Crippen LogP contribution in [0.1, 0.15) is 202 Å². The molecule has 1 saturated carbocycles. The maximum Gasteiger partial charge on any atom is 0.314 e. The normalized spacial score (nSPS) is 38.1. The Labute approximate surface area is 679 Å². The number of hydrogen-bond donors (Lipinski definition) is 0. The van der Waals surface area contributed by atoms with Crippen LogP contribution in [0.15, 0.2) is 0 Å². The summed E-state index contributed by atoms with van der Waals surface area (Å²) in [5, 5.41) is 0. The van der Waals surface area contributed by atoms with Crippen LogP contribution in [0.4, 0.5) is 0 Å². The van der Waals surface area contributed by atoms with Crippen LogP contribution in [0.2, 0.25) is 0 Å². The zero-order valence-corrected chi connectivity index (χ0v) is 70.4. The van der Waals surface area contributed by atoms with Gasteiger partial charge in [-0.3, -0.25) is 67.1 Å². The molecule has 34 nitrogen and oxygen atoms in total. The van der Waals surface area contributed by atoms with Gasteiger partial charge in [0.25, 0.3) is 0 Å². The molecular weight excluding hydrogens is 1540 g/mol. The van der Waals surface area contributed by atoms with Crippen LogP contribution in [0.5, 0.6) is 0 Å². The van der Waals surface area contributed by atoms with Gasteiger partial charge < -0.3 is 94.7 Å². The molecule has 0 radical (unpaired) electrons. The highest BCUT2D eigenvalue weighted by Gasteiger charge is 2.77. The van der Waals surface area contributed by atoms with Crippen LogP contribution in [-0.4, -0.2) is 237 Å². The Kier molecular flexibility index (Phi) is 25.3. The van der Waals surface area contributed by atoms with Crippen molar-refractivity contribution in [3.63, 3.8) is 0 Å². The van der Waals surface area contributed by atoms with E-state index >= 15 is 0 Å². The molecule has 652 valence electrons. The van der Waals surface area contributed by atoms with E-state index in [0.717, 1.165) is 38.5 Å². The van der Waals surface area contributed by atoms with Gasteiger partial charge in [-0.05, 0) is 154 Å². The van der Waals surface area contributed by atoms with E-state index < -0.39 is 244 Å². The van der Waals surface area contributed by atoms with Crippen LogP contribution < -0.4 is 0 Å². The fraction of sp³-hybridized carbons (Fsp3) is 0.831. The summed E-state index contributed by atoms with van der Waals surface area (Å²) in [4.78, 5) is 172. The summed E-state index contributed by atoms with van der Waals surface area (Å²) >= 11 is 0. The first kappa shape index (κ1) is 88.6. The Hall–Kier alpha value is -7.66. The largest absolute Gasteiger partial charge is 0.466 e. The van der Waals surface area contributed by atoms with Crippen molar-refractivity contribution < 1.29 is 162 Å². The molecule has 0 spiro atoms. The average Bonchev–Trinajstić information content (AvgIpc) is 1.56. The van der Waals surface area contributed by atoms with Gasteiger partial charge in [0, 0.05) is 7.11 Å². The Bertz CT molecular complexity index is 3860. The molecule has 34 heteroatoms. The van der Waals surface area contributed by atoms with Crippen LogP contribution in [-0.2, 0) is 162 Å². The third kappa shape index (κ3) is 16.2. The van der Waals surface area contributed by atoms with Crippen molar-refractivity contribution in [3.05, 3.63) is 0 Å². The standard InChI is InChI=1S/C21H30O7.C18H26O7.C16H22O8.C16H22O7.C12H16O5/c1-5-20(3,4)19(24)27-16-14-12(11-13(25-14)15(16)26-17(11)22)18(23)28-21(6-2)9-7-8-10-21;1-7-18(5,6)16(21)24-13-11-9(15(20)25-17(2,3)4)8-10(22-11)12(13)23-14(8)19;1-5-16(2,3)15(19)24-12-9-7(13(17)21-6-20-4)8-10(22-9)11(12)23-14(8)18;1-5-16(3,4)15(19)23-12-9-7(13(17)20-6-2)8-10(21-9)11(12)22-14(8)18;1-3-5(2)11(13)16-9-7-4-6-8(15-7)10(9)17-12(6)14/h11-16H,5-10H2,1-4H3;8-13H,7H2,1-6H3;7-12H,5-6H2,1-4H3;7-12H,5-6H2,1-4H3;5-10H,3-4H2,1-2H3. The molecule has 0 aromatic carbocycles. The van der Waals surface area contributed by atoms with E-state index in [1.54, 1.807) is 69.2 Å². The lowest BCUT2D eigenvalue weighted by Gasteiger charge is -2.33. The van der Waals surface area contributed by atoms with Crippen LogP contribution in [0, 0.1) is 80.8 Å². The van der Waals surface area contributed by atoms with Gasteiger partial charge in [-0.2, -0.15) is 0 Å². The highest BCUT2D eigenvalue weighted by atomic mass is 16.7. The summed E-state index contributed by atoms with van der Waals surface area (Å²) in [7, 11) is 1.39. The quantitative estimate of drug-likeness (QED) is 0.0601. The van der Waals surface area contributed by atoms with Crippen molar-refractivity contribution in [1.29, 1.82) is 0 Å². The third-order valence-electron chi connectivity index (χ3n) is 27.0. The number of fused-ring (bicyclic) bond motifs is 5. The van der Waals surface area contributed by atoms with Crippen LogP contribution in [0.3, 0.4) is 0 Å². The topological polar surface area (TPSA) is 424 Å². The molecule has 30 atom stereocenters. The van der Waals surface area contributed by atoms with E-state index in [1.807, 2.05) is 62.3 Å². The summed E-state index contributed by atoms with van der Waals surface area (Å²) in [6, 6.07) is 0. The molecular formula is C83H116O34. The van der Waals surface area contributed by atoms with Gasteiger partial charge in [0.2, 0.25) is 0 Å². The summed E-state index contributed by atoms with van der Waals surface area (Å²) in [6.07, 6.45) is -3.49. The summed E-state index contributed by atoms with van der Waals surface area (Å²) < 4.78 is 110. The van der Waals surface area contributed by atoms with Crippen molar-refractivity contribution in [2.24, 2.45) is 80.8 Å². The molecule has 0 aromatic heterocycles. The van der Waals surface area contributed by atoms with E-state index in [0.29, 0.717) is 32.1 Å². The summed E-state index contributed by atoms with van der Waals surface area (Å²) in [5.41, 5.74) is -3.77. The minimum absolute atomic E-state index is 0.123. The molecule has 16 aliphatic rings. The predicted molar refractivity (Wildman–Crippen MR) is 392 cm³/mol. The van der Waals surface area contributed by atoms with Gasteiger partial charge >= 0.3 is 83.6 Å². The lowest BCUT2D eigenvalue weighted by Crippen LogP contribution is -2.50. The molecule has 30 unspecified atom stereocenters. The molecule has 15 aliphatic heterocycles. The molecule has 15 saturated heterocycles. The SMILES string of the molecule is CCC(C)(C)C(=O)OC1C2OC(=O)C3C2OC1C3C(=O)OC(C)(C)C.CCC(C)(C)C(=O)OC1C2OC(=O)C3C2OC1C3C(=O)OCOC.CCC(C)C(=O)OC1C2CC3C(=O)OC1C3O2.CCC1(OC(=O)C2C3OC4C(OC(=O)C42)C3OC(=O)C(C)(C)CC)CCCC1.CCOC(=O)C1C2OC3C(OC(=O)C31)C2OC(=O)C(C)(C)CC. The number of carbonyl (C=O) groups is 14. The van der Waals surface area contributed by atoms with Gasteiger partial charge in [-0.1, -0.05) is 48.5 Å². The van der Waals surface area contributed by atoms with E-state index in [2.05, 4.69) is 0 Å². The summed E-state index contributed by atoms with van der Waals surface area (Å²) in [5.74, 6) is -12.1. The number of ether oxygens (including phenoxy) is 20. The number of rotatable bonds is 24. The molecule has 16 fully saturated rings. The van der Waals surface area contributed by atoms with Crippen LogP contribution >= 0.6 is 0 Å². The molecule has 0 aromatic rings. The minimum atomic E-state index is -0.848. The Morgan fingerprint density at radius 1 is 0.402 bits per heavy atom. The highest BCUT2D eigenvalue weighted by Crippen LogP contribution is 2.57. The van der Waals surface area contributed by atoms with Crippen molar-refractivity contribution in [1.82, 2.24) is 0 Å². The molecule has 117 heavy (non-hydrogen) atoms. The molecule has 10 bridgehead atoms. The number of carbonyl (C=O) groups excluding carboxylic acids is 14. The maximum absolute atomic E-state index is 13.1. The minimum Gasteiger partial charge on any atom is -0.466 e. The fourth-order valence-electron chi connectivity index (χ4n) is 18.1. The first-order valence-electron chi connectivity index (χ1n) is 41.6. The van der Waals surface area contributed by atoms with Gasteiger partial charge in [0.05, 0.1) is 46.2 Å². The number of hydrogen-bond acceptors (Lipinski definition) is 34. The van der Waals surface area contributed by atoms with Gasteiger partial charge in [0.15, 0.2) is 67.8 Å². The zero-order chi connectivity index (χ0) is 85.7. The fourth-order valence-corrected chi connectivity index (χ4v) is 18.1. The second-order valence-electron chi connectivity index (χ2n) is 36.9. The van der Waals surface area contributed by atoms with E-state index in [-0.39, 0.29) is 67.4 Å². The van der Waals surface area contributed by atoms with E-state index in [4.69, 9.17) is 94.7 Å². The van der Waals surface area contributed by atoms with Crippen molar-refractivity contribution in [2.45, 2.75) is 335 Å². The Balaban J connectivity index is 0.000000136. The molecule has 1 aliphatic carbocycles. The third-order valence-corrected chi connectivity index (χ3v) is 27.0. The van der Waals surface area contributed by atoms with Gasteiger partial charge in [-0.25, -0.2) is 0 Å². The lowest BCUT2D eigenvalue weighted by atomic mass is 9.78. The van der Waals surface area contributed by atoms with Gasteiger partial charge in [-0.15, -0.1) is 0 Å². The van der Waals surface area contributed by atoms with Crippen molar-refractivity contribution >= 4 is 83.6 Å². The Morgan fingerprint density at radius 3 is 1.06 bits per heavy atom. The maximum atomic E-state index is 13.1. The van der Waals surface area contributed by atoms with E-state index in [1.165, 1.54) is 7.11 Å². The zero-order valence-electron chi connectivity index (χ0n) is 70.4. The van der Waals surface area contributed by atoms with Crippen molar-refractivity contribution in [3.8, 4) is 0 Å². The predicted octanol–water partition coefficient (Wildman–Crippen LogP) is 6.07. The summed E-state index contributed by atoms with van der Waals surface area (Å²) in [6.45, 7) is 34.7. The average molecular weight is 1660 g/mol. The van der Waals surface area contributed by atoms with E-state index in [9.17, 15) is 67.1 Å². The Morgan fingerprint density at radius 2 is 0.735 bits per heavy atom. The molecule has 15 heterocycles. The smallest absolute Gasteiger partial charge is 0.314 e. The monoisotopic (exact) mass is 1660 g/mol. The van der Waals surface area contributed by atoms with Crippen LogP contribution in [0.25, 0.3) is 0 Å². The first-order valence-corrected chi connectivity index (χ1v) is 41.6. The van der Waals surface area contributed by atoms with Crippen molar-refractivity contribution in [2.75, 3.05) is 20.5 Å². The van der Waals surface area contributed by atoms with Gasteiger partial charge in [0.1, 0.15) is 113 Å². The second-order valence-corrected chi connectivity index (χ2v) is 36.9.